The highest BCUT2D eigenvalue weighted by Crippen LogP contribution is 2.47. The highest BCUT2D eigenvalue weighted by molar-refractivity contribution is 8.00. The van der Waals surface area contributed by atoms with E-state index in [0.717, 1.165) is 23.3 Å². The second-order valence-electron chi connectivity index (χ2n) is 7.97. The lowest BCUT2D eigenvalue weighted by Gasteiger charge is -2.31. The number of hydrogen-bond acceptors (Lipinski definition) is 5. The molecule has 1 aromatic rings. The van der Waals surface area contributed by atoms with Gasteiger partial charge in [-0.2, -0.15) is 0 Å². The van der Waals surface area contributed by atoms with Crippen molar-refractivity contribution in [1.82, 2.24) is 4.90 Å². The predicted octanol–water partition coefficient (Wildman–Crippen LogP) is 3.91. The Kier molecular flexibility index (Phi) is 5.10. The standard InChI is InChI=1S/C19H26N2O4S/c1-19(2,3)25-18(24)21-9-8-13(17(22)23)16(21)14-10-11(20)4-7-15(14)26-12-5-6-12/h4,7,10,12-13,16H,5-6,8-9,20H2,1-3H3,(H,22,23). The predicted molar refractivity (Wildman–Crippen MR) is 101 cm³/mol. The molecule has 0 aromatic heterocycles. The fourth-order valence-corrected chi connectivity index (χ4v) is 4.43. The lowest BCUT2D eigenvalue weighted by Crippen LogP contribution is -2.38. The molecule has 1 aromatic carbocycles. The molecule has 0 radical (unpaired) electrons. The van der Waals surface area contributed by atoms with Crippen LogP contribution >= 0.6 is 11.8 Å². The normalized spacial score (nSPS) is 23.1. The third-order valence-corrected chi connectivity index (χ3v) is 5.94. The fraction of sp³-hybridized carbons (Fsp3) is 0.579. The minimum absolute atomic E-state index is 0.360. The van der Waals surface area contributed by atoms with Gasteiger partial charge >= 0.3 is 12.1 Å². The summed E-state index contributed by atoms with van der Waals surface area (Å²) in [5.41, 5.74) is 6.75. The van der Waals surface area contributed by atoms with Gasteiger partial charge in [0, 0.05) is 22.4 Å². The number of amides is 1. The molecule has 1 saturated heterocycles. The summed E-state index contributed by atoms with van der Waals surface area (Å²) < 4.78 is 5.52. The van der Waals surface area contributed by atoms with E-state index in [9.17, 15) is 14.7 Å². The summed E-state index contributed by atoms with van der Waals surface area (Å²) in [6, 6.07) is 5.02. The van der Waals surface area contributed by atoms with Crippen molar-refractivity contribution in [2.24, 2.45) is 5.92 Å². The SMILES string of the molecule is CC(C)(C)OC(=O)N1CCC(C(=O)O)C1c1cc(N)ccc1SC1CC1. The molecule has 2 fully saturated rings. The van der Waals surface area contributed by atoms with E-state index in [2.05, 4.69) is 0 Å². The Balaban J connectivity index is 1.97. The largest absolute Gasteiger partial charge is 0.481 e. The molecule has 0 spiro atoms. The average molecular weight is 378 g/mol. The Bertz CT molecular complexity index is 712. The molecule has 3 rings (SSSR count). The molecule has 3 N–H and O–H groups in total. The minimum atomic E-state index is -0.897. The Labute approximate surface area is 158 Å². The molecule has 142 valence electrons. The Morgan fingerprint density at radius 3 is 2.54 bits per heavy atom. The first-order valence-corrected chi connectivity index (χ1v) is 9.82. The molecular weight excluding hydrogens is 352 g/mol. The molecule has 2 unspecified atom stereocenters. The maximum Gasteiger partial charge on any atom is 0.410 e. The average Bonchev–Trinajstić information content (AvgIpc) is 3.21. The number of rotatable bonds is 4. The van der Waals surface area contributed by atoms with Crippen molar-refractivity contribution in [1.29, 1.82) is 0 Å². The molecule has 1 aliphatic heterocycles. The molecule has 6 nitrogen and oxygen atoms in total. The number of benzene rings is 1. The summed E-state index contributed by atoms with van der Waals surface area (Å²) in [5, 5.41) is 10.3. The molecule has 2 atom stereocenters. The van der Waals surface area contributed by atoms with Crippen LogP contribution in [0, 0.1) is 5.92 Å². The number of nitrogen functional groups attached to an aromatic ring is 1. The molecule has 26 heavy (non-hydrogen) atoms. The van der Waals surface area contributed by atoms with Crippen LogP contribution in [0.15, 0.2) is 23.1 Å². The molecule has 2 aliphatic rings. The van der Waals surface area contributed by atoms with E-state index < -0.39 is 29.6 Å². The number of carbonyl (C=O) groups is 2. The summed E-state index contributed by atoms with van der Waals surface area (Å²) in [6.07, 6.45) is 2.26. The molecule has 1 amide bonds. The van der Waals surface area contributed by atoms with Crippen LogP contribution in [-0.2, 0) is 9.53 Å². The third-order valence-electron chi connectivity index (χ3n) is 4.51. The van der Waals surface area contributed by atoms with Gasteiger partial charge in [-0.1, -0.05) is 0 Å². The number of carbonyl (C=O) groups excluding carboxylic acids is 1. The summed E-state index contributed by atoms with van der Waals surface area (Å²) in [6.45, 7) is 5.78. The van der Waals surface area contributed by atoms with Crippen LogP contribution in [-0.4, -0.2) is 39.5 Å². The Morgan fingerprint density at radius 1 is 1.27 bits per heavy atom. The van der Waals surface area contributed by atoms with Gasteiger partial charge in [0.15, 0.2) is 0 Å². The van der Waals surface area contributed by atoms with E-state index in [1.54, 1.807) is 37.4 Å². The van der Waals surface area contributed by atoms with E-state index in [-0.39, 0.29) is 0 Å². The second kappa shape index (κ2) is 7.02. The van der Waals surface area contributed by atoms with Gasteiger partial charge in [0.05, 0.1) is 12.0 Å². The summed E-state index contributed by atoms with van der Waals surface area (Å²) in [5.74, 6) is -1.56. The highest BCUT2D eigenvalue weighted by Gasteiger charge is 2.44. The quantitative estimate of drug-likeness (QED) is 0.772. The zero-order chi connectivity index (χ0) is 19.1. The van der Waals surface area contributed by atoms with Crippen LogP contribution in [0.4, 0.5) is 10.5 Å². The number of ether oxygens (including phenoxy) is 1. The van der Waals surface area contributed by atoms with Gasteiger partial charge < -0.3 is 20.5 Å². The van der Waals surface area contributed by atoms with Gasteiger partial charge in [-0.25, -0.2) is 4.79 Å². The lowest BCUT2D eigenvalue weighted by atomic mass is 9.93. The number of aliphatic carboxylic acids is 1. The first kappa shape index (κ1) is 18.9. The monoisotopic (exact) mass is 378 g/mol. The number of thioether (sulfide) groups is 1. The molecule has 0 bridgehead atoms. The van der Waals surface area contributed by atoms with E-state index in [1.165, 1.54) is 0 Å². The third kappa shape index (κ3) is 4.26. The van der Waals surface area contributed by atoms with E-state index in [1.807, 2.05) is 18.2 Å². The zero-order valence-corrected chi connectivity index (χ0v) is 16.2. The summed E-state index contributed by atoms with van der Waals surface area (Å²) in [4.78, 5) is 27.1. The fourth-order valence-electron chi connectivity index (χ4n) is 3.23. The smallest absolute Gasteiger partial charge is 0.410 e. The number of nitrogens with two attached hydrogens (primary N) is 1. The van der Waals surface area contributed by atoms with Crippen molar-refractivity contribution in [3.63, 3.8) is 0 Å². The Morgan fingerprint density at radius 2 is 1.96 bits per heavy atom. The van der Waals surface area contributed by atoms with Crippen molar-refractivity contribution in [3.8, 4) is 0 Å². The molecule has 1 aliphatic carbocycles. The summed E-state index contributed by atoms with van der Waals surface area (Å²) in [7, 11) is 0. The zero-order valence-electron chi connectivity index (χ0n) is 15.4. The van der Waals surface area contributed by atoms with Crippen LogP contribution in [0.1, 0.15) is 51.6 Å². The molecule has 1 saturated carbocycles. The van der Waals surface area contributed by atoms with Crippen LogP contribution in [0.3, 0.4) is 0 Å². The van der Waals surface area contributed by atoms with Crippen LogP contribution in [0.5, 0.6) is 0 Å². The van der Waals surface area contributed by atoms with Crippen molar-refractivity contribution >= 4 is 29.5 Å². The van der Waals surface area contributed by atoms with Crippen molar-refractivity contribution in [2.45, 2.75) is 61.8 Å². The number of carboxylic acids is 1. The van der Waals surface area contributed by atoms with Gasteiger partial charge in [-0.15, -0.1) is 11.8 Å². The number of hydrogen-bond donors (Lipinski definition) is 2. The number of likely N-dealkylation sites (tertiary alicyclic amines) is 1. The molecule has 7 heteroatoms. The molecular formula is C19H26N2O4S. The van der Waals surface area contributed by atoms with Gasteiger partial charge in [0.1, 0.15) is 5.60 Å². The van der Waals surface area contributed by atoms with Gasteiger partial charge in [0.25, 0.3) is 0 Å². The van der Waals surface area contributed by atoms with Gasteiger partial charge in [-0.05, 0) is 63.8 Å². The maximum absolute atomic E-state index is 12.7. The minimum Gasteiger partial charge on any atom is -0.481 e. The first-order chi connectivity index (χ1) is 12.2. The van der Waals surface area contributed by atoms with Gasteiger partial charge in [0.2, 0.25) is 0 Å². The Hall–Kier alpha value is -1.89. The van der Waals surface area contributed by atoms with Crippen molar-refractivity contribution in [2.75, 3.05) is 12.3 Å². The molecule has 1 heterocycles. The van der Waals surface area contributed by atoms with Crippen molar-refractivity contribution in [3.05, 3.63) is 23.8 Å². The lowest BCUT2D eigenvalue weighted by molar-refractivity contribution is -0.142. The van der Waals surface area contributed by atoms with E-state index >= 15 is 0 Å². The highest BCUT2D eigenvalue weighted by atomic mass is 32.2. The summed E-state index contributed by atoms with van der Waals surface area (Å²) >= 11 is 1.75. The second-order valence-corrected chi connectivity index (χ2v) is 9.31. The number of nitrogens with zero attached hydrogens (tertiary/aromatic N) is 1. The van der Waals surface area contributed by atoms with E-state index in [0.29, 0.717) is 23.9 Å². The van der Waals surface area contributed by atoms with E-state index in [4.69, 9.17) is 10.5 Å². The first-order valence-electron chi connectivity index (χ1n) is 8.94. The van der Waals surface area contributed by atoms with Gasteiger partial charge in [-0.3, -0.25) is 4.79 Å². The van der Waals surface area contributed by atoms with Crippen LogP contribution < -0.4 is 5.73 Å². The maximum atomic E-state index is 12.7. The van der Waals surface area contributed by atoms with Crippen LogP contribution in [0.2, 0.25) is 0 Å². The number of anilines is 1. The topological polar surface area (TPSA) is 92.9 Å². The number of carboxylic acid groups (broad SMARTS) is 1. The van der Waals surface area contributed by atoms with Crippen LogP contribution in [0.25, 0.3) is 0 Å². The van der Waals surface area contributed by atoms with Crippen molar-refractivity contribution < 1.29 is 19.4 Å².